The van der Waals surface area contributed by atoms with Crippen molar-refractivity contribution in [2.24, 2.45) is 5.73 Å². The minimum Gasteiger partial charge on any atom is -0.480 e. The lowest BCUT2D eigenvalue weighted by molar-refractivity contribution is -0.155. The zero-order valence-electron chi connectivity index (χ0n) is 12.3. The van der Waals surface area contributed by atoms with E-state index in [2.05, 4.69) is 10.3 Å². The van der Waals surface area contributed by atoms with Gasteiger partial charge in [-0.25, -0.2) is 4.98 Å². The Morgan fingerprint density at radius 2 is 2.29 bits per heavy atom. The molecule has 1 unspecified atom stereocenters. The van der Waals surface area contributed by atoms with Crippen molar-refractivity contribution in [1.82, 2.24) is 4.98 Å². The minimum atomic E-state index is -0.543. The predicted molar refractivity (Wildman–Crippen MR) is 75.8 cm³/mol. The number of nitrogens with zero attached hydrogens (tertiary/aromatic N) is 1. The van der Waals surface area contributed by atoms with Crippen LogP contribution >= 0.6 is 0 Å². The highest BCUT2D eigenvalue weighted by atomic mass is 16.6. The van der Waals surface area contributed by atoms with Gasteiger partial charge in [0, 0.05) is 12.2 Å². The van der Waals surface area contributed by atoms with Gasteiger partial charge in [-0.2, -0.15) is 0 Å². The normalized spacial score (nSPS) is 15.5. The lowest BCUT2D eigenvalue weighted by Crippen LogP contribution is -2.28. The molecule has 0 saturated carbocycles. The molecule has 0 bridgehead atoms. The molecule has 7 nitrogen and oxygen atoms in total. The number of ether oxygens (including phenoxy) is 2. The molecular formula is C14H19N3O4. The van der Waals surface area contributed by atoms with Crippen molar-refractivity contribution in [2.75, 3.05) is 11.9 Å². The van der Waals surface area contributed by atoms with E-state index in [9.17, 15) is 9.59 Å². The molecule has 7 heteroatoms. The van der Waals surface area contributed by atoms with E-state index in [1.165, 1.54) is 6.20 Å². The van der Waals surface area contributed by atoms with Crippen LogP contribution in [0, 0.1) is 0 Å². The third-order valence-corrected chi connectivity index (χ3v) is 2.73. The van der Waals surface area contributed by atoms with Gasteiger partial charge in [0.1, 0.15) is 5.60 Å². The van der Waals surface area contributed by atoms with Gasteiger partial charge in [0.15, 0.2) is 18.2 Å². The van der Waals surface area contributed by atoms with Crippen LogP contribution in [0.5, 0.6) is 5.75 Å². The fourth-order valence-electron chi connectivity index (χ4n) is 1.86. The third kappa shape index (κ3) is 4.16. The van der Waals surface area contributed by atoms with Crippen LogP contribution in [-0.4, -0.2) is 29.1 Å². The Hall–Kier alpha value is -2.15. The van der Waals surface area contributed by atoms with E-state index in [4.69, 9.17) is 15.2 Å². The molecule has 0 spiro atoms. The van der Waals surface area contributed by atoms with Gasteiger partial charge in [-0.15, -0.1) is 0 Å². The third-order valence-electron chi connectivity index (χ3n) is 2.73. The number of pyridine rings is 1. The van der Waals surface area contributed by atoms with Crippen LogP contribution in [0.1, 0.15) is 38.8 Å². The summed E-state index contributed by atoms with van der Waals surface area (Å²) in [4.78, 5) is 27.0. The van der Waals surface area contributed by atoms with Crippen molar-refractivity contribution >= 4 is 17.7 Å². The minimum absolute atomic E-state index is 0.0457. The predicted octanol–water partition coefficient (Wildman–Crippen LogP) is 1.14. The van der Waals surface area contributed by atoms with Gasteiger partial charge in [-0.3, -0.25) is 9.59 Å². The fraction of sp³-hybridized carbons (Fsp3) is 0.500. The largest absolute Gasteiger partial charge is 0.480 e. The Morgan fingerprint density at radius 3 is 2.95 bits per heavy atom. The molecule has 1 amide bonds. The number of anilines is 1. The summed E-state index contributed by atoms with van der Waals surface area (Å²) in [5.41, 5.74) is 6.10. The summed E-state index contributed by atoms with van der Waals surface area (Å²) in [5, 5.41) is 2.59. The second-order valence-electron chi connectivity index (χ2n) is 5.85. The van der Waals surface area contributed by atoms with Crippen LogP contribution in [0.4, 0.5) is 5.82 Å². The Bertz CT molecular complexity index is 566. The van der Waals surface area contributed by atoms with Gasteiger partial charge >= 0.3 is 5.97 Å². The smallest absolute Gasteiger partial charge is 0.308 e. The highest BCUT2D eigenvalue weighted by Gasteiger charge is 2.22. The first-order valence-electron chi connectivity index (χ1n) is 6.64. The number of carbonyl (C=O) groups excluding carboxylic acids is 2. The molecule has 3 N–H and O–H groups in total. The van der Waals surface area contributed by atoms with Crippen molar-refractivity contribution in [1.29, 1.82) is 0 Å². The Labute approximate surface area is 122 Å². The van der Waals surface area contributed by atoms with Crippen LogP contribution in [0.25, 0.3) is 0 Å². The summed E-state index contributed by atoms with van der Waals surface area (Å²) >= 11 is 0. The topological polar surface area (TPSA) is 104 Å². The molecule has 2 heterocycles. The number of rotatable bonds is 3. The fourth-order valence-corrected chi connectivity index (χ4v) is 1.86. The van der Waals surface area contributed by atoms with Crippen molar-refractivity contribution in [3.05, 3.63) is 17.8 Å². The molecule has 0 aromatic carbocycles. The van der Waals surface area contributed by atoms with Crippen molar-refractivity contribution < 1.29 is 19.1 Å². The van der Waals surface area contributed by atoms with Crippen LogP contribution in [0.15, 0.2) is 12.3 Å². The molecule has 1 atom stereocenters. The van der Waals surface area contributed by atoms with E-state index in [0.29, 0.717) is 17.1 Å². The molecule has 114 valence electrons. The summed E-state index contributed by atoms with van der Waals surface area (Å²) in [6.07, 6.45) is 1.56. The average molecular weight is 293 g/mol. The van der Waals surface area contributed by atoms with E-state index >= 15 is 0 Å². The molecule has 21 heavy (non-hydrogen) atoms. The molecule has 1 aliphatic rings. The quantitative estimate of drug-likeness (QED) is 0.810. The van der Waals surface area contributed by atoms with E-state index in [1.54, 1.807) is 26.8 Å². The maximum atomic E-state index is 11.8. The standard InChI is InChI=1S/C14H19N3O4/c1-14(2,3)21-12(19)5-9(15)8-4-10-13(16-6-8)17-11(18)7-20-10/h4,6,9H,5,7,15H2,1-3H3,(H,16,17,18). The molecule has 0 aliphatic carbocycles. The zero-order chi connectivity index (χ0) is 15.6. The van der Waals surface area contributed by atoms with E-state index in [0.717, 1.165) is 0 Å². The van der Waals surface area contributed by atoms with Crippen molar-refractivity contribution in [2.45, 2.75) is 38.8 Å². The molecule has 0 fully saturated rings. The summed E-state index contributed by atoms with van der Waals surface area (Å²) < 4.78 is 10.5. The Morgan fingerprint density at radius 1 is 1.57 bits per heavy atom. The van der Waals surface area contributed by atoms with Gasteiger partial charge in [-0.05, 0) is 32.4 Å². The molecule has 1 aromatic rings. The van der Waals surface area contributed by atoms with Gasteiger partial charge in [0.25, 0.3) is 5.91 Å². The second-order valence-corrected chi connectivity index (χ2v) is 5.85. The molecule has 2 rings (SSSR count). The summed E-state index contributed by atoms with van der Waals surface area (Å²) in [5.74, 6) is 0.189. The van der Waals surface area contributed by atoms with E-state index < -0.39 is 11.6 Å². The number of hydrogen-bond acceptors (Lipinski definition) is 6. The molecular weight excluding hydrogens is 274 g/mol. The van der Waals surface area contributed by atoms with Crippen LogP contribution in [0.2, 0.25) is 0 Å². The van der Waals surface area contributed by atoms with Crippen LogP contribution < -0.4 is 15.8 Å². The monoisotopic (exact) mass is 293 g/mol. The van der Waals surface area contributed by atoms with Crippen LogP contribution in [0.3, 0.4) is 0 Å². The van der Waals surface area contributed by atoms with Gasteiger partial charge in [0.2, 0.25) is 0 Å². The zero-order valence-corrected chi connectivity index (χ0v) is 12.3. The highest BCUT2D eigenvalue weighted by molar-refractivity contribution is 5.94. The number of esters is 1. The summed E-state index contributed by atoms with van der Waals surface area (Å²) in [6, 6.07) is 1.13. The van der Waals surface area contributed by atoms with E-state index in [-0.39, 0.29) is 24.9 Å². The van der Waals surface area contributed by atoms with Gasteiger partial charge < -0.3 is 20.5 Å². The Balaban J connectivity index is 2.05. The first-order valence-corrected chi connectivity index (χ1v) is 6.64. The molecule has 0 radical (unpaired) electrons. The number of nitrogens with two attached hydrogens (primary N) is 1. The maximum Gasteiger partial charge on any atom is 0.308 e. The van der Waals surface area contributed by atoms with Crippen LogP contribution in [-0.2, 0) is 14.3 Å². The number of aromatic nitrogens is 1. The number of nitrogens with one attached hydrogen (secondary N) is 1. The maximum absolute atomic E-state index is 11.8. The summed E-state index contributed by atoms with van der Waals surface area (Å²) in [7, 11) is 0. The van der Waals surface area contributed by atoms with Crippen molar-refractivity contribution in [3.63, 3.8) is 0 Å². The van der Waals surface area contributed by atoms with Gasteiger partial charge in [0.05, 0.1) is 6.42 Å². The van der Waals surface area contributed by atoms with E-state index in [1.807, 2.05) is 0 Å². The average Bonchev–Trinajstić information content (AvgIpc) is 2.35. The highest BCUT2D eigenvalue weighted by Crippen LogP contribution is 2.28. The van der Waals surface area contributed by atoms with Crippen molar-refractivity contribution in [3.8, 4) is 5.75 Å². The number of fused-ring (bicyclic) bond motifs is 1. The van der Waals surface area contributed by atoms with Gasteiger partial charge in [-0.1, -0.05) is 0 Å². The first kappa shape index (κ1) is 15.2. The molecule has 1 aromatic heterocycles. The number of carbonyl (C=O) groups is 2. The molecule has 0 saturated heterocycles. The molecule has 1 aliphatic heterocycles. The second kappa shape index (κ2) is 5.69. The lowest BCUT2D eigenvalue weighted by Gasteiger charge is -2.22. The first-order chi connectivity index (χ1) is 9.74. The SMILES string of the molecule is CC(C)(C)OC(=O)CC(N)c1cnc2c(c1)OCC(=O)N2. The number of amides is 1. The summed E-state index contributed by atoms with van der Waals surface area (Å²) in [6.45, 7) is 5.34. The number of hydrogen-bond donors (Lipinski definition) is 2. The Kier molecular flexibility index (Phi) is 4.13. The lowest BCUT2D eigenvalue weighted by atomic mass is 10.1.